The van der Waals surface area contributed by atoms with Crippen LogP contribution >= 0.6 is 0 Å². The maximum absolute atomic E-state index is 12.6. The molecule has 0 bridgehead atoms. The minimum Gasteiger partial charge on any atom is -0.542 e. The van der Waals surface area contributed by atoms with Gasteiger partial charge in [-0.05, 0) is 41.9 Å². The molecule has 31 heavy (non-hydrogen) atoms. The lowest BCUT2D eigenvalue weighted by molar-refractivity contribution is 0.208. The molecule has 2 aromatic heterocycles. The third-order valence-electron chi connectivity index (χ3n) is 6.03. The average Bonchev–Trinajstić information content (AvgIpc) is 2.74. The number of nitrogens with one attached hydrogen (secondary N) is 1. The highest BCUT2D eigenvalue weighted by atomic mass is 28.4. The van der Waals surface area contributed by atoms with Gasteiger partial charge in [-0.15, -0.1) is 0 Å². The Bertz CT molecular complexity index is 874. The zero-order chi connectivity index (χ0) is 22.6. The molecule has 3 rings (SSSR count). The number of pyridine rings is 2. The van der Waals surface area contributed by atoms with E-state index in [1.807, 2.05) is 18.2 Å². The van der Waals surface area contributed by atoms with E-state index in [4.69, 9.17) is 9.53 Å². The molecule has 2 amide bonds. The number of hydrogen-bond acceptors (Lipinski definition) is 6. The number of rotatable bonds is 5. The van der Waals surface area contributed by atoms with Gasteiger partial charge in [0, 0.05) is 32.4 Å². The van der Waals surface area contributed by atoms with Crippen LogP contribution in [0.25, 0.3) is 0 Å². The number of aliphatic hydroxyl groups excluding tert-OH is 1. The topological polar surface area (TPSA) is 90.8 Å². The molecule has 2 aromatic rings. The standard InChI is InChI=1S/C22H33N5O3Si/c1-22(2,3)31(4,5)30-18-7-8-19(23-15-18)25-21(29)27-12-10-26(11-13-27)20-9-6-17(16-28)14-24-20/h6-9,14-15,28H,10-13,16H2,1-5H3,(H,23,25,29). The molecule has 8 nitrogen and oxygen atoms in total. The van der Waals surface area contributed by atoms with Gasteiger partial charge in [-0.25, -0.2) is 14.8 Å². The van der Waals surface area contributed by atoms with Crippen molar-refractivity contribution < 1.29 is 14.3 Å². The highest BCUT2D eigenvalue weighted by molar-refractivity contribution is 6.74. The third kappa shape index (κ3) is 5.74. The summed E-state index contributed by atoms with van der Waals surface area (Å²) in [7, 11) is -1.92. The van der Waals surface area contributed by atoms with E-state index in [9.17, 15) is 4.79 Å². The molecule has 3 heterocycles. The molecule has 1 aliphatic heterocycles. The summed E-state index contributed by atoms with van der Waals surface area (Å²) in [5, 5.41) is 12.1. The van der Waals surface area contributed by atoms with E-state index < -0.39 is 8.32 Å². The molecule has 0 saturated carbocycles. The zero-order valence-corrected chi connectivity index (χ0v) is 20.1. The van der Waals surface area contributed by atoms with E-state index >= 15 is 0 Å². The van der Waals surface area contributed by atoms with Crippen molar-refractivity contribution in [2.24, 2.45) is 0 Å². The fourth-order valence-corrected chi connectivity index (χ4v) is 4.00. The van der Waals surface area contributed by atoms with Crippen molar-refractivity contribution >= 4 is 26.0 Å². The lowest BCUT2D eigenvalue weighted by atomic mass is 10.2. The zero-order valence-electron chi connectivity index (χ0n) is 19.1. The molecule has 0 aromatic carbocycles. The van der Waals surface area contributed by atoms with Crippen LogP contribution in [-0.2, 0) is 6.61 Å². The number of carbonyl (C=O) groups excluding carboxylic acids is 1. The van der Waals surface area contributed by atoms with Crippen molar-refractivity contribution in [1.82, 2.24) is 14.9 Å². The van der Waals surface area contributed by atoms with Crippen molar-refractivity contribution in [2.45, 2.75) is 45.5 Å². The second-order valence-electron chi connectivity index (χ2n) is 9.33. The molecule has 1 aliphatic rings. The van der Waals surface area contributed by atoms with Crippen LogP contribution in [0, 0.1) is 0 Å². The molecule has 9 heteroatoms. The Morgan fingerprint density at radius 3 is 2.32 bits per heavy atom. The predicted molar refractivity (Wildman–Crippen MR) is 125 cm³/mol. The smallest absolute Gasteiger partial charge is 0.323 e. The number of aromatic nitrogens is 2. The first-order valence-electron chi connectivity index (χ1n) is 10.6. The summed E-state index contributed by atoms with van der Waals surface area (Å²) in [5.74, 6) is 2.10. The van der Waals surface area contributed by atoms with E-state index in [0.29, 0.717) is 32.0 Å². The highest BCUT2D eigenvalue weighted by Gasteiger charge is 2.39. The van der Waals surface area contributed by atoms with Crippen LogP contribution in [0.2, 0.25) is 18.1 Å². The lowest BCUT2D eigenvalue weighted by Crippen LogP contribution is -2.50. The second kappa shape index (κ2) is 9.23. The van der Waals surface area contributed by atoms with Gasteiger partial charge in [-0.3, -0.25) is 5.32 Å². The van der Waals surface area contributed by atoms with Gasteiger partial charge in [0.2, 0.25) is 0 Å². The van der Waals surface area contributed by atoms with Crippen LogP contribution in [0.15, 0.2) is 36.7 Å². The summed E-state index contributed by atoms with van der Waals surface area (Å²) in [4.78, 5) is 25.3. The van der Waals surface area contributed by atoms with E-state index in [0.717, 1.165) is 17.1 Å². The Morgan fingerprint density at radius 1 is 1.10 bits per heavy atom. The van der Waals surface area contributed by atoms with E-state index in [1.165, 1.54) is 0 Å². The monoisotopic (exact) mass is 443 g/mol. The fraction of sp³-hybridized carbons (Fsp3) is 0.500. The first-order valence-corrected chi connectivity index (χ1v) is 13.5. The number of carbonyl (C=O) groups is 1. The first kappa shape index (κ1) is 23.0. The summed E-state index contributed by atoms with van der Waals surface area (Å²) in [6.07, 6.45) is 3.36. The Balaban J connectivity index is 1.51. The summed E-state index contributed by atoms with van der Waals surface area (Å²) < 4.78 is 6.24. The highest BCUT2D eigenvalue weighted by Crippen LogP contribution is 2.37. The largest absolute Gasteiger partial charge is 0.542 e. The van der Waals surface area contributed by atoms with Crippen LogP contribution in [0.3, 0.4) is 0 Å². The van der Waals surface area contributed by atoms with E-state index in [-0.39, 0.29) is 17.7 Å². The van der Waals surface area contributed by atoms with Crippen molar-refractivity contribution in [3.05, 3.63) is 42.2 Å². The predicted octanol–water partition coefficient (Wildman–Crippen LogP) is 3.71. The van der Waals surface area contributed by atoms with Gasteiger partial charge in [0.05, 0.1) is 12.8 Å². The Labute approximate surface area is 185 Å². The van der Waals surface area contributed by atoms with E-state index in [2.05, 4.69) is 54.0 Å². The Kier molecular flexibility index (Phi) is 6.85. The molecular formula is C22H33N5O3Si. The summed E-state index contributed by atoms with van der Waals surface area (Å²) in [6, 6.07) is 7.25. The van der Waals surface area contributed by atoms with Gasteiger partial charge in [0.1, 0.15) is 17.4 Å². The molecule has 0 aliphatic carbocycles. The maximum Gasteiger partial charge on any atom is 0.323 e. The molecule has 2 N–H and O–H groups in total. The van der Waals surface area contributed by atoms with Crippen molar-refractivity contribution in [3.63, 3.8) is 0 Å². The van der Waals surface area contributed by atoms with Crippen molar-refractivity contribution in [2.75, 3.05) is 36.4 Å². The maximum atomic E-state index is 12.6. The van der Waals surface area contributed by atoms with Gasteiger partial charge < -0.3 is 19.3 Å². The number of piperazine rings is 1. The summed E-state index contributed by atoms with van der Waals surface area (Å²) in [5.41, 5.74) is 0.787. The number of anilines is 2. The minimum absolute atomic E-state index is 0.0152. The number of hydrogen-bond donors (Lipinski definition) is 2. The van der Waals surface area contributed by atoms with Crippen LogP contribution in [-0.4, -0.2) is 60.5 Å². The van der Waals surface area contributed by atoms with Crippen LogP contribution < -0.4 is 14.6 Å². The molecule has 1 saturated heterocycles. The number of amides is 2. The van der Waals surface area contributed by atoms with Gasteiger partial charge in [-0.2, -0.15) is 0 Å². The van der Waals surface area contributed by atoms with Gasteiger partial charge in [0.15, 0.2) is 0 Å². The molecular weight excluding hydrogens is 410 g/mol. The number of urea groups is 1. The third-order valence-corrected chi connectivity index (χ3v) is 10.4. The second-order valence-corrected chi connectivity index (χ2v) is 14.1. The Morgan fingerprint density at radius 2 is 1.81 bits per heavy atom. The molecule has 0 radical (unpaired) electrons. The van der Waals surface area contributed by atoms with Crippen molar-refractivity contribution in [1.29, 1.82) is 0 Å². The lowest BCUT2D eigenvalue weighted by Gasteiger charge is -2.36. The quantitative estimate of drug-likeness (QED) is 0.685. The minimum atomic E-state index is -1.92. The number of aliphatic hydroxyl groups is 1. The van der Waals surface area contributed by atoms with Crippen LogP contribution in [0.5, 0.6) is 5.75 Å². The van der Waals surface area contributed by atoms with Crippen molar-refractivity contribution in [3.8, 4) is 5.75 Å². The molecule has 168 valence electrons. The Hall–Kier alpha value is -2.65. The van der Waals surface area contributed by atoms with Crippen LogP contribution in [0.1, 0.15) is 26.3 Å². The van der Waals surface area contributed by atoms with Gasteiger partial charge >= 0.3 is 6.03 Å². The fourth-order valence-electron chi connectivity index (χ4n) is 2.99. The molecule has 0 atom stereocenters. The van der Waals surface area contributed by atoms with E-state index in [1.54, 1.807) is 23.4 Å². The van der Waals surface area contributed by atoms with Crippen LogP contribution in [0.4, 0.5) is 16.4 Å². The number of nitrogens with zero attached hydrogens (tertiary/aromatic N) is 4. The first-order chi connectivity index (χ1) is 14.6. The molecule has 1 fully saturated rings. The SMILES string of the molecule is CC(C)(C)[Si](C)(C)Oc1ccc(NC(=O)N2CCN(c3ccc(CO)cn3)CC2)nc1. The summed E-state index contributed by atoms with van der Waals surface area (Å²) in [6.45, 7) is 13.6. The molecule has 0 spiro atoms. The van der Waals surface area contributed by atoms with Gasteiger partial charge in [-0.1, -0.05) is 26.8 Å². The summed E-state index contributed by atoms with van der Waals surface area (Å²) >= 11 is 0. The normalized spacial score (nSPS) is 15.0. The van der Waals surface area contributed by atoms with Gasteiger partial charge in [0.25, 0.3) is 8.32 Å². The molecule has 0 unspecified atom stereocenters. The average molecular weight is 444 g/mol.